The van der Waals surface area contributed by atoms with Gasteiger partial charge in [-0.3, -0.25) is 0 Å². The monoisotopic (exact) mass is 901 g/mol. The summed E-state index contributed by atoms with van der Waals surface area (Å²) in [6.07, 6.45) is 9.68. The van der Waals surface area contributed by atoms with Crippen molar-refractivity contribution in [2.75, 3.05) is 4.90 Å². The van der Waals surface area contributed by atoms with Crippen molar-refractivity contribution in [3.05, 3.63) is 239 Å². The number of benzene rings is 9. The maximum Gasteiger partial charge on any atom is 0.0465 e. The van der Waals surface area contributed by atoms with Crippen molar-refractivity contribution in [2.24, 2.45) is 0 Å². The summed E-state index contributed by atoms with van der Waals surface area (Å²) in [6.45, 7) is 23.9. The van der Waals surface area contributed by atoms with Gasteiger partial charge in [-0.15, -0.1) is 0 Å². The standard InChI is InChI=1S/C69H59N/c1-42-20-12-11-19-35-66(2,3)58-36-45(28-31-48(42)58)70(47-30-33-53-60(38-47)69(8,9)63-39-54(43-21-13-10-14-22-43)50-25-17-18-26-52(50)65(53)63)46-29-32-51-55-40-62-56(41-61(55)68(6,7)59(51)37-46)64-49-24-16-15-23-44(49)27-34-57(64)67(62,4)5/h10-34,36-41H,1,35H2,2-9H3/b19-11-,20-12-. The Labute approximate surface area is 414 Å². The molecule has 4 aliphatic rings. The fourth-order valence-electron chi connectivity index (χ4n) is 13.2. The average Bonchev–Trinajstić information content (AvgIpc) is 3.85. The molecule has 4 aliphatic carbocycles. The minimum atomic E-state index is -0.248. The Morgan fingerprint density at radius 1 is 0.386 bits per heavy atom. The fourth-order valence-corrected chi connectivity index (χ4v) is 13.2. The first-order valence-electron chi connectivity index (χ1n) is 25.2. The Balaban J connectivity index is 1.00. The Kier molecular flexibility index (Phi) is 8.99. The zero-order chi connectivity index (χ0) is 48.1. The van der Waals surface area contributed by atoms with E-state index in [1.165, 1.54) is 111 Å². The van der Waals surface area contributed by atoms with Gasteiger partial charge in [0.05, 0.1) is 0 Å². The third-order valence-electron chi connectivity index (χ3n) is 17.1. The van der Waals surface area contributed by atoms with Gasteiger partial charge in [-0.2, -0.15) is 0 Å². The summed E-state index contributed by atoms with van der Waals surface area (Å²) in [5, 5.41) is 5.24. The van der Waals surface area contributed by atoms with E-state index in [9.17, 15) is 0 Å². The highest BCUT2D eigenvalue weighted by atomic mass is 15.1. The molecule has 0 aromatic heterocycles. The lowest BCUT2D eigenvalue weighted by Crippen LogP contribution is -2.20. The number of hydrogen-bond acceptors (Lipinski definition) is 1. The molecule has 0 atom stereocenters. The summed E-state index contributed by atoms with van der Waals surface area (Å²) in [7, 11) is 0. The maximum atomic E-state index is 4.58. The number of hydrogen-bond donors (Lipinski definition) is 0. The molecule has 9 aromatic carbocycles. The molecule has 0 saturated carbocycles. The van der Waals surface area contributed by atoms with E-state index in [1.54, 1.807) is 0 Å². The van der Waals surface area contributed by atoms with E-state index in [0.717, 1.165) is 29.1 Å². The van der Waals surface area contributed by atoms with Gasteiger partial charge in [-0.1, -0.05) is 195 Å². The minimum absolute atomic E-state index is 0.113. The lowest BCUT2D eigenvalue weighted by molar-refractivity contribution is 0.533. The highest BCUT2D eigenvalue weighted by Gasteiger charge is 2.43. The van der Waals surface area contributed by atoms with Gasteiger partial charge in [-0.25, -0.2) is 0 Å². The first-order chi connectivity index (χ1) is 33.6. The summed E-state index contributed by atoms with van der Waals surface area (Å²) < 4.78 is 0. The Bertz CT molecular complexity index is 3810. The SMILES string of the molecule is C=C1/C=C\C=C/CC(C)(C)c2cc(N(c3ccc4c(c3)C(C)(C)c3cc5c(cc3-4)C(C)(C)c3ccc4ccccc4c3-5)c3ccc4c(c3)C(C)(C)c3cc(-c5ccccc5)c5ccccc5c3-4)ccc21. The van der Waals surface area contributed by atoms with Crippen LogP contribution in [-0.2, 0) is 21.7 Å². The number of nitrogens with zero attached hydrogens (tertiary/aromatic N) is 1. The van der Waals surface area contributed by atoms with E-state index in [4.69, 9.17) is 0 Å². The van der Waals surface area contributed by atoms with E-state index in [-0.39, 0.29) is 21.7 Å². The van der Waals surface area contributed by atoms with Crippen LogP contribution in [-0.4, -0.2) is 0 Å². The molecule has 0 fully saturated rings. The van der Waals surface area contributed by atoms with Crippen LogP contribution in [0, 0.1) is 0 Å². The normalized spacial score (nSPS) is 17.8. The van der Waals surface area contributed by atoms with Gasteiger partial charge in [0.2, 0.25) is 0 Å². The van der Waals surface area contributed by atoms with Gasteiger partial charge < -0.3 is 4.90 Å². The van der Waals surface area contributed by atoms with E-state index in [2.05, 4.69) is 255 Å². The molecule has 340 valence electrons. The molecule has 0 N–H and O–H groups in total. The van der Waals surface area contributed by atoms with Crippen molar-refractivity contribution in [2.45, 2.75) is 83.5 Å². The summed E-state index contributed by atoms with van der Waals surface area (Å²) in [4.78, 5) is 2.54. The molecule has 9 aromatic rings. The van der Waals surface area contributed by atoms with E-state index in [0.29, 0.717) is 0 Å². The van der Waals surface area contributed by atoms with Crippen LogP contribution < -0.4 is 4.90 Å². The number of anilines is 3. The largest absolute Gasteiger partial charge is 0.310 e. The van der Waals surface area contributed by atoms with Crippen molar-refractivity contribution in [1.82, 2.24) is 0 Å². The Morgan fingerprint density at radius 2 is 0.914 bits per heavy atom. The molecule has 1 heteroatoms. The summed E-state index contributed by atoms with van der Waals surface area (Å²) in [5.74, 6) is 0. The number of rotatable bonds is 4. The van der Waals surface area contributed by atoms with Crippen LogP contribution in [0.4, 0.5) is 17.1 Å². The predicted octanol–water partition coefficient (Wildman–Crippen LogP) is 18.9. The summed E-state index contributed by atoms with van der Waals surface area (Å²) in [6, 6.07) is 62.8. The highest BCUT2D eigenvalue weighted by molar-refractivity contribution is 6.09. The zero-order valence-electron chi connectivity index (χ0n) is 41.8. The van der Waals surface area contributed by atoms with Crippen LogP contribution in [0.15, 0.2) is 195 Å². The van der Waals surface area contributed by atoms with Gasteiger partial charge in [0.1, 0.15) is 0 Å². The van der Waals surface area contributed by atoms with Gasteiger partial charge in [0.25, 0.3) is 0 Å². The van der Waals surface area contributed by atoms with Gasteiger partial charge in [0, 0.05) is 33.3 Å². The molecule has 0 radical (unpaired) electrons. The lowest BCUT2D eigenvalue weighted by Gasteiger charge is -2.32. The molecule has 70 heavy (non-hydrogen) atoms. The maximum absolute atomic E-state index is 4.58. The van der Waals surface area contributed by atoms with Crippen molar-refractivity contribution in [3.8, 4) is 44.5 Å². The first-order valence-corrected chi connectivity index (χ1v) is 25.2. The molecule has 0 spiro atoms. The second-order valence-electron chi connectivity index (χ2n) is 22.7. The number of allylic oxidation sites excluding steroid dienone is 5. The highest BCUT2D eigenvalue weighted by Crippen LogP contribution is 2.59. The first kappa shape index (κ1) is 42.6. The van der Waals surface area contributed by atoms with Crippen LogP contribution in [0.3, 0.4) is 0 Å². The molecule has 0 saturated heterocycles. The van der Waals surface area contributed by atoms with Crippen LogP contribution in [0.5, 0.6) is 0 Å². The van der Waals surface area contributed by atoms with Crippen LogP contribution in [0.25, 0.3) is 71.6 Å². The molecular formula is C69H59N. The van der Waals surface area contributed by atoms with Crippen molar-refractivity contribution in [1.29, 1.82) is 0 Å². The fraction of sp³-hybridized carbons (Fsp3) is 0.188. The molecule has 0 heterocycles. The van der Waals surface area contributed by atoms with Gasteiger partial charge >= 0.3 is 0 Å². The van der Waals surface area contributed by atoms with Crippen LogP contribution in [0.1, 0.15) is 106 Å². The second kappa shape index (κ2) is 14.8. The second-order valence-corrected chi connectivity index (χ2v) is 22.7. The molecule has 1 nitrogen and oxygen atoms in total. The van der Waals surface area contributed by atoms with Crippen molar-refractivity contribution >= 4 is 44.2 Å². The van der Waals surface area contributed by atoms with Gasteiger partial charge in [-0.05, 0) is 183 Å². The number of fused-ring (bicyclic) bond motifs is 14. The van der Waals surface area contributed by atoms with Crippen LogP contribution in [0.2, 0.25) is 0 Å². The van der Waals surface area contributed by atoms with Crippen LogP contribution >= 0.6 is 0 Å². The zero-order valence-corrected chi connectivity index (χ0v) is 41.8. The smallest absolute Gasteiger partial charge is 0.0465 e. The van der Waals surface area contributed by atoms with Crippen molar-refractivity contribution in [3.63, 3.8) is 0 Å². The molecular weight excluding hydrogens is 843 g/mol. The predicted molar refractivity (Wildman–Crippen MR) is 299 cm³/mol. The van der Waals surface area contributed by atoms with E-state index in [1.807, 2.05) is 0 Å². The van der Waals surface area contributed by atoms with E-state index < -0.39 is 0 Å². The molecule has 0 amide bonds. The third kappa shape index (κ3) is 5.97. The Morgan fingerprint density at radius 3 is 1.66 bits per heavy atom. The lowest BCUT2D eigenvalue weighted by atomic mass is 9.77. The molecule has 13 rings (SSSR count). The van der Waals surface area contributed by atoms with E-state index >= 15 is 0 Å². The molecule has 0 unspecified atom stereocenters. The topological polar surface area (TPSA) is 3.24 Å². The summed E-state index contributed by atoms with van der Waals surface area (Å²) in [5.41, 5.74) is 25.3. The molecule has 0 bridgehead atoms. The quantitative estimate of drug-likeness (QED) is 0.170. The summed E-state index contributed by atoms with van der Waals surface area (Å²) >= 11 is 0. The third-order valence-corrected chi connectivity index (χ3v) is 17.1. The Hall–Kier alpha value is -7.48. The van der Waals surface area contributed by atoms with Crippen molar-refractivity contribution < 1.29 is 0 Å². The minimum Gasteiger partial charge on any atom is -0.310 e. The van der Waals surface area contributed by atoms with Gasteiger partial charge in [0.15, 0.2) is 0 Å². The molecule has 0 aliphatic heterocycles. The average molecular weight is 902 g/mol.